The van der Waals surface area contributed by atoms with E-state index in [0.717, 1.165) is 22.1 Å². The molecule has 0 unspecified atom stereocenters. The van der Waals surface area contributed by atoms with Crippen LogP contribution in [-0.4, -0.2) is 30.3 Å². The summed E-state index contributed by atoms with van der Waals surface area (Å²) in [6, 6.07) is 11.3. The van der Waals surface area contributed by atoms with Gasteiger partial charge in [0.1, 0.15) is 11.4 Å². The topological polar surface area (TPSA) is 62.6 Å². The van der Waals surface area contributed by atoms with Crippen LogP contribution in [0.15, 0.2) is 53.1 Å². The highest BCUT2D eigenvalue weighted by molar-refractivity contribution is 5.95. The zero-order chi connectivity index (χ0) is 18.7. The van der Waals surface area contributed by atoms with Gasteiger partial charge in [0, 0.05) is 23.7 Å². The Morgan fingerprint density at radius 3 is 2.62 bits per heavy atom. The molecule has 0 saturated heterocycles. The zero-order valence-electron chi connectivity index (χ0n) is 14.6. The lowest BCUT2D eigenvalue weighted by atomic mass is 10.1. The molecule has 0 radical (unpaired) electrons. The number of fused-ring (bicyclic) bond motifs is 1. The average molecular weight is 354 g/mol. The Balaban J connectivity index is 1.60. The number of nitrogens with one attached hydrogen (secondary N) is 1. The maximum Gasteiger partial charge on any atom is 0.243 e. The molecule has 1 heterocycles. The number of amides is 2. The van der Waals surface area contributed by atoms with Gasteiger partial charge in [-0.3, -0.25) is 9.59 Å². The maximum absolute atomic E-state index is 12.9. The molecule has 2 amide bonds. The summed E-state index contributed by atoms with van der Waals surface area (Å²) in [6.45, 7) is 1.88. The van der Waals surface area contributed by atoms with Crippen molar-refractivity contribution in [1.29, 1.82) is 0 Å². The molecule has 5 nitrogen and oxygen atoms in total. The second-order valence-corrected chi connectivity index (χ2v) is 6.24. The quantitative estimate of drug-likeness (QED) is 0.762. The molecule has 0 atom stereocenters. The molecule has 0 spiro atoms. The third-order valence-electron chi connectivity index (χ3n) is 4.09. The summed E-state index contributed by atoms with van der Waals surface area (Å²) in [6.07, 6.45) is 1.73. The summed E-state index contributed by atoms with van der Waals surface area (Å²) in [4.78, 5) is 25.8. The number of furan rings is 1. The number of carbonyl (C=O) groups excluding carboxylic acids is 2. The van der Waals surface area contributed by atoms with E-state index in [1.54, 1.807) is 13.3 Å². The second-order valence-electron chi connectivity index (χ2n) is 6.24. The monoisotopic (exact) mass is 354 g/mol. The van der Waals surface area contributed by atoms with E-state index in [-0.39, 0.29) is 30.6 Å². The minimum Gasteiger partial charge on any atom is -0.464 e. The van der Waals surface area contributed by atoms with E-state index < -0.39 is 0 Å². The van der Waals surface area contributed by atoms with Crippen molar-refractivity contribution >= 4 is 28.5 Å². The van der Waals surface area contributed by atoms with Crippen LogP contribution in [0.2, 0.25) is 0 Å². The van der Waals surface area contributed by atoms with Gasteiger partial charge in [-0.15, -0.1) is 0 Å². The molecule has 0 aliphatic rings. The fourth-order valence-electron chi connectivity index (χ4n) is 2.66. The van der Waals surface area contributed by atoms with Crippen LogP contribution in [0.3, 0.4) is 0 Å². The molecule has 6 heteroatoms. The molecule has 2 aromatic carbocycles. The number of carbonyl (C=O) groups is 2. The number of benzene rings is 2. The smallest absolute Gasteiger partial charge is 0.243 e. The Bertz CT molecular complexity index is 947. The Morgan fingerprint density at radius 1 is 1.15 bits per heavy atom. The summed E-state index contributed by atoms with van der Waals surface area (Å²) in [7, 11) is 1.57. The summed E-state index contributed by atoms with van der Waals surface area (Å²) < 4.78 is 18.4. The van der Waals surface area contributed by atoms with Gasteiger partial charge in [0.15, 0.2) is 0 Å². The standard InChI is InChI=1S/C20H19FN2O3/c1-13-3-8-17-14(12-26-18(17)9-13)10-20(25)23(2)11-19(24)22-16-6-4-15(21)5-7-16/h3-9,12H,10-11H2,1-2H3,(H,22,24). The van der Waals surface area contributed by atoms with Crippen LogP contribution in [0.5, 0.6) is 0 Å². The summed E-state index contributed by atoms with van der Waals surface area (Å²) in [5.41, 5.74) is 3.09. The first-order valence-corrected chi connectivity index (χ1v) is 8.18. The first-order valence-electron chi connectivity index (χ1n) is 8.18. The molecule has 0 saturated carbocycles. The van der Waals surface area contributed by atoms with E-state index in [1.165, 1.54) is 29.2 Å². The molecule has 3 rings (SSSR count). The molecule has 0 aliphatic carbocycles. The minimum atomic E-state index is -0.377. The molecular weight excluding hydrogens is 335 g/mol. The van der Waals surface area contributed by atoms with E-state index in [9.17, 15) is 14.0 Å². The third-order valence-corrected chi connectivity index (χ3v) is 4.09. The lowest BCUT2D eigenvalue weighted by Crippen LogP contribution is -2.35. The lowest BCUT2D eigenvalue weighted by molar-refractivity contribution is -0.132. The molecule has 0 bridgehead atoms. The number of anilines is 1. The molecule has 0 aliphatic heterocycles. The number of halogens is 1. The van der Waals surface area contributed by atoms with Crippen molar-refractivity contribution in [2.24, 2.45) is 0 Å². The number of hydrogen-bond donors (Lipinski definition) is 1. The Morgan fingerprint density at radius 2 is 1.88 bits per heavy atom. The van der Waals surface area contributed by atoms with Crippen LogP contribution in [0.25, 0.3) is 11.0 Å². The third kappa shape index (κ3) is 4.08. The van der Waals surface area contributed by atoms with Crippen LogP contribution >= 0.6 is 0 Å². The molecule has 3 aromatic rings. The number of aryl methyl sites for hydroxylation is 1. The van der Waals surface area contributed by atoms with Gasteiger partial charge < -0.3 is 14.6 Å². The highest BCUT2D eigenvalue weighted by atomic mass is 19.1. The Kier molecular flexibility index (Phi) is 5.02. The zero-order valence-corrected chi connectivity index (χ0v) is 14.6. The van der Waals surface area contributed by atoms with E-state index in [0.29, 0.717) is 5.69 Å². The molecular formula is C20H19FN2O3. The van der Waals surface area contributed by atoms with Crippen LogP contribution < -0.4 is 5.32 Å². The van der Waals surface area contributed by atoms with Crippen molar-refractivity contribution < 1.29 is 18.4 Å². The normalized spacial score (nSPS) is 10.7. The number of hydrogen-bond acceptors (Lipinski definition) is 3. The van der Waals surface area contributed by atoms with Gasteiger partial charge in [0.2, 0.25) is 11.8 Å². The highest BCUT2D eigenvalue weighted by Gasteiger charge is 2.16. The SMILES string of the molecule is Cc1ccc2c(CC(=O)N(C)CC(=O)Nc3ccc(F)cc3)coc2c1. The number of likely N-dealkylation sites (N-methyl/N-ethyl adjacent to an activating group) is 1. The fraction of sp³-hybridized carbons (Fsp3) is 0.200. The average Bonchev–Trinajstić information content (AvgIpc) is 2.98. The number of nitrogens with zero attached hydrogens (tertiary/aromatic N) is 1. The summed E-state index contributed by atoms with van der Waals surface area (Å²) in [5, 5.41) is 3.53. The van der Waals surface area contributed by atoms with E-state index >= 15 is 0 Å². The van der Waals surface area contributed by atoms with E-state index in [2.05, 4.69) is 5.32 Å². The minimum absolute atomic E-state index is 0.0922. The van der Waals surface area contributed by atoms with Crippen LogP contribution in [0.1, 0.15) is 11.1 Å². The highest BCUT2D eigenvalue weighted by Crippen LogP contribution is 2.23. The molecule has 1 N–H and O–H groups in total. The lowest BCUT2D eigenvalue weighted by Gasteiger charge is -2.16. The predicted octanol–water partition coefficient (Wildman–Crippen LogP) is 3.52. The van der Waals surface area contributed by atoms with Gasteiger partial charge in [0.05, 0.1) is 19.2 Å². The number of rotatable bonds is 5. The fourth-order valence-corrected chi connectivity index (χ4v) is 2.66. The van der Waals surface area contributed by atoms with E-state index in [4.69, 9.17) is 4.42 Å². The summed E-state index contributed by atoms with van der Waals surface area (Å²) in [5.74, 6) is -0.916. The van der Waals surface area contributed by atoms with Crippen LogP contribution in [0, 0.1) is 12.7 Å². The predicted molar refractivity (Wildman–Crippen MR) is 97.3 cm³/mol. The molecule has 134 valence electrons. The maximum atomic E-state index is 12.9. The molecule has 0 fully saturated rings. The van der Waals surface area contributed by atoms with Crippen molar-refractivity contribution in [1.82, 2.24) is 4.90 Å². The van der Waals surface area contributed by atoms with Crippen molar-refractivity contribution in [2.45, 2.75) is 13.3 Å². The largest absolute Gasteiger partial charge is 0.464 e. The van der Waals surface area contributed by atoms with Crippen molar-refractivity contribution in [3.8, 4) is 0 Å². The van der Waals surface area contributed by atoms with Crippen molar-refractivity contribution in [3.63, 3.8) is 0 Å². The Hall–Kier alpha value is -3.15. The van der Waals surface area contributed by atoms with Gasteiger partial charge in [-0.25, -0.2) is 4.39 Å². The van der Waals surface area contributed by atoms with Crippen LogP contribution in [-0.2, 0) is 16.0 Å². The second kappa shape index (κ2) is 7.39. The van der Waals surface area contributed by atoms with Crippen molar-refractivity contribution in [3.05, 3.63) is 65.7 Å². The van der Waals surface area contributed by atoms with Gasteiger partial charge >= 0.3 is 0 Å². The van der Waals surface area contributed by atoms with Gasteiger partial charge in [-0.05, 0) is 42.8 Å². The van der Waals surface area contributed by atoms with Gasteiger partial charge in [-0.1, -0.05) is 12.1 Å². The first kappa shape index (κ1) is 17.7. The van der Waals surface area contributed by atoms with Gasteiger partial charge in [-0.2, -0.15) is 0 Å². The molecule has 1 aromatic heterocycles. The van der Waals surface area contributed by atoms with Gasteiger partial charge in [0.25, 0.3) is 0 Å². The molecule has 26 heavy (non-hydrogen) atoms. The first-order chi connectivity index (χ1) is 12.4. The van der Waals surface area contributed by atoms with Crippen LogP contribution in [0.4, 0.5) is 10.1 Å². The summed E-state index contributed by atoms with van der Waals surface area (Å²) >= 11 is 0. The Labute approximate surface area is 150 Å². The van der Waals surface area contributed by atoms with Crippen molar-refractivity contribution in [2.75, 3.05) is 18.9 Å². The van der Waals surface area contributed by atoms with E-state index in [1.807, 2.05) is 25.1 Å².